The van der Waals surface area contributed by atoms with Gasteiger partial charge in [-0.3, -0.25) is 9.78 Å². The van der Waals surface area contributed by atoms with E-state index in [0.717, 1.165) is 31.7 Å². The zero-order valence-electron chi connectivity index (χ0n) is 10.4. The normalized spacial score (nSPS) is 16.4. The lowest BCUT2D eigenvalue weighted by Crippen LogP contribution is -2.42. The second-order valence-corrected chi connectivity index (χ2v) is 4.38. The van der Waals surface area contributed by atoms with Crippen LogP contribution in [0.5, 0.6) is 0 Å². The van der Waals surface area contributed by atoms with E-state index in [1.165, 1.54) is 0 Å². The molecule has 0 saturated carbocycles. The van der Waals surface area contributed by atoms with E-state index in [2.05, 4.69) is 15.6 Å². The van der Waals surface area contributed by atoms with Crippen LogP contribution in [0.15, 0.2) is 24.4 Å². The summed E-state index contributed by atoms with van der Waals surface area (Å²) in [4.78, 5) is 15.8. The number of amides is 1. The van der Waals surface area contributed by atoms with Gasteiger partial charge in [0.15, 0.2) is 0 Å². The van der Waals surface area contributed by atoms with Crippen LogP contribution in [-0.2, 0) is 16.1 Å². The Kier molecular flexibility index (Phi) is 5.11. The van der Waals surface area contributed by atoms with Crippen LogP contribution in [0, 0.1) is 0 Å². The SMILES string of the molecule is O=C(CNCc1ccccn1)NC1CCOCC1. The van der Waals surface area contributed by atoms with Crippen LogP contribution in [-0.4, -0.2) is 36.7 Å². The van der Waals surface area contributed by atoms with Gasteiger partial charge in [0.2, 0.25) is 5.91 Å². The van der Waals surface area contributed by atoms with Crippen molar-refractivity contribution in [1.82, 2.24) is 15.6 Å². The Balaban J connectivity index is 1.62. The highest BCUT2D eigenvalue weighted by Crippen LogP contribution is 2.05. The maximum atomic E-state index is 11.7. The first-order chi connectivity index (χ1) is 8.84. The maximum Gasteiger partial charge on any atom is 0.234 e. The van der Waals surface area contributed by atoms with E-state index in [1.807, 2.05) is 18.2 Å². The number of pyridine rings is 1. The molecule has 2 rings (SSSR count). The summed E-state index contributed by atoms with van der Waals surface area (Å²) in [6, 6.07) is 6.01. The van der Waals surface area contributed by atoms with Crippen LogP contribution >= 0.6 is 0 Å². The Bertz CT molecular complexity index is 364. The van der Waals surface area contributed by atoms with E-state index in [1.54, 1.807) is 6.20 Å². The molecule has 98 valence electrons. The summed E-state index contributed by atoms with van der Waals surface area (Å²) in [5, 5.41) is 6.09. The minimum atomic E-state index is 0.0397. The van der Waals surface area contributed by atoms with Gasteiger partial charge >= 0.3 is 0 Å². The minimum Gasteiger partial charge on any atom is -0.381 e. The van der Waals surface area contributed by atoms with Gasteiger partial charge in [-0.15, -0.1) is 0 Å². The van der Waals surface area contributed by atoms with Crippen LogP contribution in [0.25, 0.3) is 0 Å². The number of hydrogen-bond donors (Lipinski definition) is 2. The van der Waals surface area contributed by atoms with Gasteiger partial charge < -0.3 is 15.4 Å². The van der Waals surface area contributed by atoms with Gasteiger partial charge in [-0.2, -0.15) is 0 Å². The number of nitrogens with one attached hydrogen (secondary N) is 2. The van der Waals surface area contributed by atoms with Gasteiger partial charge in [-0.1, -0.05) is 6.07 Å². The number of carbonyl (C=O) groups is 1. The molecule has 5 nitrogen and oxygen atoms in total. The molecular formula is C13H19N3O2. The molecule has 18 heavy (non-hydrogen) atoms. The zero-order valence-corrected chi connectivity index (χ0v) is 10.4. The number of hydrogen-bond acceptors (Lipinski definition) is 4. The number of nitrogens with zero attached hydrogens (tertiary/aromatic N) is 1. The van der Waals surface area contributed by atoms with Gasteiger partial charge in [0.25, 0.3) is 0 Å². The molecule has 2 heterocycles. The molecule has 0 atom stereocenters. The number of rotatable bonds is 5. The zero-order chi connectivity index (χ0) is 12.6. The molecule has 1 saturated heterocycles. The fourth-order valence-electron chi connectivity index (χ4n) is 1.93. The van der Waals surface area contributed by atoms with Gasteiger partial charge in [0, 0.05) is 32.0 Å². The molecule has 0 radical (unpaired) electrons. The van der Waals surface area contributed by atoms with Gasteiger partial charge in [-0.25, -0.2) is 0 Å². The van der Waals surface area contributed by atoms with E-state index < -0.39 is 0 Å². The lowest BCUT2D eigenvalue weighted by atomic mass is 10.1. The summed E-state index contributed by atoms with van der Waals surface area (Å²) in [7, 11) is 0. The van der Waals surface area contributed by atoms with Crippen molar-refractivity contribution >= 4 is 5.91 Å². The molecule has 1 aliphatic rings. The number of carbonyl (C=O) groups excluding carboxylic acids is 1. The fraction of sp³-hybridized carbons (Fsp3) is 0.538. The number of ether oxygens (including phenoxy) is 1. The standard InChI is InChI=1S/C13H19N3O2/c17-13(16-11-4-7-18-8-5-11)10-14-9-12-3-1-2-6-15-12/h1-3,6,11,14H,4-5,7-10H2,(H,16,17). The third-order valence-corrected chi connectivity index (χ3v) is 2.90. The lowest BCUT2D eigenvalue weighted by Gasteiger charge is -2.23. The Labute approximate surface area is 107 Å². The predicted octanol–water partition coefficient (Wildman–Crippen LogP) is 0.466. The smallest absolute Gasteiger partial charge is 0.234 e. The van der Waals surface area contributed by atoms with Crippen LogP contribution in [0.1, 0.15) is 18.5 Å². The summed E-state index contributed by atoms with van der Waals surface area (Å²) in [5.74, 6) is 0.0397. The van der Waals surface area contributed by atoms with Crippen LogP contribution in [0.4, 0.5) is 0 Å². The van der Waals surface area contributed by atoms with Crippen molar-refractivity contribution < 1.29 is 9.53 Å². The molecule has 1 amide bonds. The maximum absolute atomic E-state index is 11.7. The fourth-order valence-corrected chi connectivity index (χ4v) is 1.93. The topological polar surface area (TPSA) is 63.2 Å². The lowest BCUT2D eigenvalue weighted by molar-refractivity contribution is -0.121. The van der Waals surface area contributed by atoms with Crippen LogP contribution in [0.3, 0.4) is 0 Å². The first kappa shape index (κ1) is 13.0. The highest BCUT2D eigenvalue weighted by atomic mass is 16.5. The van der Waals surface area contributed by atoms with E-state index >= 15 is 0 Å². The molecule has 0 aliphatic carbocycles. The van der Waals surface area contributed by atoms with E-state index in [0.29, 0.717) is 13.1 Å². The van der Waals surface area contributed by atoms with Crippen molar-refractivity contribution in [3.63, 3.8) is 0 Å². The third kappa shape index (κ3) is 4.43. The van der Waals surface area contributed by atoms with Gasteiger partial charge in [-0.05, 0) is 25.0 Å². The van der Waals surface area contributed by atoms with Crippen LogP contribution < -0.4 is 10.6 Å². The van der Waals surface area contributed by atoms with Crippen LogP contribution in [0.2, 0.25) is 0 Å². The molecule has 1 aromatic rings. The van der Waals surface area contributed by atoms with Gasteiger partial charge in [0.05, 0.1) is 12.2 Å². The molecule has 0 bridgehead atoms. The molecule has 1 aliphatic heterocycles. The highest BCUT2D eigenvalue weighted by molar-refractivity contribution is 5.78. The van der Waals surface area contributed by atoms with E-state index in [-0.39, 0.29) is 11.9 Å². The van der Waals surface area contributed by atoms with Crippen molar-refractivity contribution in [2.45, 2.75) is 25.4 Å². The Morgan fingerprint density at radius 1 is 1.39 bits per heavy atom. The molecule has 2 N–H and O–H groups in total. The Morgan fingerprint density at radius 3 is 2.94 bits per heavy atom. The number of aromatic nitrogens is 1. The van der Waals surface area contributed by atoms with Crippen molar-refractivity contribution in [2.24, 2.45) is 0 Å². The highest BCUT2D eigenvalue weighted by Gasteiger charge is 2.15. The predicted molar refractivity (Wildman–Crippen MR) is 67.9 cm³/mol. The molecule has 1 fully saturated rings. The first-order valence-electron chi connectivity index (χ1n) is 6.32. The average Bonchev–Trinajstić information content (AvgIpc) is 2.41. The summed E-state index contributed by atoms with van der Waals surface area (Å²) < 4.78 is 5.25. The molecular weight excluding hydrogens is 230 g/mol. The molecule has 5 heteroatoms. The third-order valence-electron chi connectivity index (χ3n) is 2.90. The Morgan fingerprint density at radius 2 is 2.22 bits per heavy atom. The van der Waals surface area contributed by atoms with Gasteiger partial charge in [0.1, 0.15) is 0 Å². The summed E-state index contributed by atoms with van der Waals surface area (Å²) in [6.45, 7) is 2.43. The monoisotopic (exact) mass is 249 g/mol. The van der Waals surface area contributed by atoms with Crippen molar-refractivity contribution in [3.8, 4) is 0 Å². The molecule has 0 spiro atoms. The summed E-state index contributed by atoms with van der Waals surface area (Å²) >= 11 is 0. The quantitative estimate of drug-likeness (QED) is 0.796. The van der Waals surface area contributed by atoms with Crippen molar-refractivity contribution in [3.05, 3.63) is 30.1 Å². The van der Waals surface area contributed by atoms with E-state index in [9.17, 15) is 4.79 Å². The Hall–Kier alpha value is -1.46. The largest absolute Gasteiger partial charge is 0.381 e. The molecule has 1 aromatic heterocycles. The van der Waals surface area contributed by atoms with E-state index in [4.69, 9.17) is 4.74 Å². The van der Waals surface area contributed by atoms with Crippen molar-refractivity contribution in [2.75, 3.05) is 19.8 Å². The average molecular weight is 249 g/mol. The first-order valence-corrected chi connectivity index (χ1v) is 6.32. The second-order valence-electron chi connectivity index (χ2n) is 4.38. The minimum absolute atomic E-state index is 0.0397. The summed E-state index contributed by atoms with van der Waals surface area (Å²) in [5.41, 5.74) is 0.941. The van der Waals surface area contributed by atoms with Crippen molar-refractivity contribution in [1.29, 1.82) is 0 Å². The second kappa shape index (κ2) is 7.08. The molecule has 0 unspecified atom stereocenters. The summed E-state index contributed by atoms with van der Waals surface area (Å²) in [6.07, 6.45) is 3.57. The molecule has 0 aromatic carbocycles.